The SMILES string of the molecule is CC(C)CCCC(C)NCc1cc(Br)cc([N+](=O)[O-])c1. The first-order valence-electron chi connectivity index (χ1n) is 7.05. The fourth-order valence-corrected chi connectivity index (χ4v) is 2.60. The van der Waals surface area contributed by atoms with Gasteiger partial charge in [0.25, 0.3) is 5.69 Å². The Morgan fingerprint density at radius 1 is 1.25 bits per heavy atom. The van der Waals surface area contributed by atoms with E-state index in [0.717, 1.165) is 22.4 Å². The molecule has 0 saturated carbocycles. The van der Waals surface area contributed by atoms with Crippen LogP contribution in [0.2, 0.25) is 0 Å². The Balaban J connectivity index is 2.46. The van der Waals surface area contributed by atoms with Gasteiger partial charge in [-0.05, 0) is 30.9 Å². The van der Waals surface area contributed by atoms with Crippen molar-refractivity contribution in [2.45, 2.75) is 52.6 Å². The number of nitro benzene ring substituents is 1. The number of hydrogen-bond donors (Lipinski definition) is 1. The second kappa shape index (κ2) is 8.37. The third-order valence-electron chi connectivity index (χ3n) is 3.23. The molecule has 112 valence electrons. The van der Waals surface area contributed by atoms with E-state index in [1.807, 2.05) is 6.07 Å². The van der Waals surface area contributed by atoms with Crippen LogP contribution in [0.1, 0.15) is 45.6 Å². The molecule has 4 nitrogen and oxygen atoms in total. The van der Waals surface area contributed by atoms with E-state index in [1.54, 1.807) is 6.07 Å². The van der Waals surface area contributed by atoms with E-state index in [0.29, 0.717) is 12.6 Å². The standard InChI is InChI=1S/C15H23BrN2O2/c1-11(2)5-4-6-12(3)17-10-13-7-14(16)9-15(8-13)18(19)20/h7-9,11-12,17H,4-6,10H2,1-3H3. The van der Waals surface area contributed by atoms with Gasteiger partial charge in [0.2, 0.25) is 0 Å². The van der Waals surface area contributed by atoms with Gasteiger partial charge in [0.15, 0.2) is 0 Å². The number of halogens is 1. The molecule has 1 aromatic carbocycles. The summed E-state index contributed by atoms with van der Waals surface area (Å²) in [7, 11) is 0. The molecular weight excluding hydrogens is 320 g/mol. The van der Waals surface area contributed by atoms with E-state index in [4.69, 9.17) is 0 Å². The summed E-state index contributed by atoms with van der Waals surface area (Å²) >= 11 is 3.31. The van der Waals surface area contributed by atoms with Gasteiger partial charge in [-0.25, -0.2) is 0 Å². The molecule has 5 heteroatoms. The molecule has 0 amide bonds. The van der Waals surface area contributed by atoms with Crippen LogP contribution in [-0.4, -0.2) is 11.0 Å². The molecular formula is C15H23BrN2O2. The zero-order valence-electron chi connectivity index (χ0n) is 12.4. The van der Waals surface area contributed by atoms with E-state index in [2.05, 4.69) is 42.0 Å². The number of benzene rings is 1. The van der Waals surface area contributed by atoms with E-state index < -0.39 is 0 Å². The van der Waals surface area contributed by atoms with Gasteiger partial charge in [-0.15, -0.1) is 0 Å². The molecule has 1 N–H and O–H groups in total. The van der Waals surface area contributed by atoms with Gasteiger partial charge in [-0.1, -0.05) is 42.6 Å². The minimum Gasteiger partial charge on any atom is -0.310 e. The van der Waals surface area contributed by atoms with Gasteiger partial charge >= 0.3 is 0 Å². The van der Waals surface area contributed by atoms with Crippen molar-refractivity contribution in [2.24, 2.45) is 5.92 Å². The molecule has 0 aliphatic carbocycles. The minimum absolute atomic E-state index is 0.128. The molecule has 0 aliphatic rings. The first kappa shape index (κ1) is 17.1. The number of hydrogen-bond acceptors (Lipinski definition) is 3. The second-order valence-corrected chi connectivity index (χ2v) is 6.60. The Bertz CT molecular complexity index is 449. The maximum Gasteiger partial charge on any atom is 0.270 e. The molecule has 0 aromatic heterocycles. The van der Waals surface area contributed by atoms with Crippen molar-refractivity contribution in [1.29, 1.82) is 0 Å². The topological polar surface area (TPSA) is 55.2 Å². The highest BCUT2D eigenvalue weighted by Gasteiger charge is 2.09. The number of nitrogens with one attached hydrogen (secondary N) is 1. The monoisotopic (exact) mass is 342 g/mol. The average Bonchev–Trinajstić information content (AvgIpc) is 2.35. The summed E-state index contributed by atoms with van der Waals surface area (Å²) in [6.45, 7) is 7.29. The van der Waals surface area contributed by atoms with Crippen LogP contribution >= 0.6 is 15.9 Å². The van der Waals surface area contributed by atoms with Gasteiger partial charge in [-0.3, -0.25) is 10.1 Å². The largest absolute Gasteiger partial charge is 0.310 e. The van der Waals surface area contributed by atoms with E-state index in [9.17, 15) is 10.1 Å². The summed E-state index contributed by atoms with van der Waals surface area (Å²) in [5.41, 5.74) is 1.06. The van der Waals surface area contributed by atoms with Crippen LogP contribution in [0, 0.1) is 16.0 Å². The molecule has 0 aliphatic heterocycles. The maximum atomic E-state index is 10.8. The lowest BCUT2D eigenvalue weighted by atomic mass is 10.0. The van der Waals surface area contributed by atoms with Gasteiger partial charge in [0.1, 0.15) is 0 Å². The highest BCUT2D eigenvalue weighted by Crippen LogP contribution is 2.21. The molecule has 0 bridgehead atoms. The van der Waals surface area contributed by atoms with Crippen LogP contribution in [0.25, 0.3) is 0 Å². The Labute approximate surface area is 129 Å². The highest BCUT2D eigenvalue weighted by molar-refractivity contribution is 9.10. The van der Waals surface area contributed by atoms with Crippen LogP contribution in [0.5, 0.6) is 0 Å². The van der Waals surface area contributed by atoms with Crippen molar-refractivity contribution in [3.63, 3.8) is 0 Å². The molecule has 1 aromatic rings. The lowest BCUT2D eigenvalue weighted by molar-refractivity contribution is -0.385. The van der Waals surface area contributed by atoms with Crippen molar-refractivity contribution in [3.8, 4) is 0 Å². The van der Waals surface area contributed by atoms with Crippen molar-refractivity contribution < 1.29 is 4.92 Å². The summed E-state index contributed by atoms with van der Waals surface area (Å²) in [6, 6.07) is 5.49. The zero-order valence-corrected chi connectivity index (χ0v) is 13.9. The summed E-state index contributed by atoms with van der Waals surface area (Å²) in [4.78, 5) is 10.5. The minimum atomic E-state index is -0.361. The Kier molecular flexibility index (Phi) is 7.16. The van der Waals surface area contributed by atoms with Crippen molar-refractivity contribution in [2.75, 3.05) is 0 Å². The third kappa shape index (κ3) is 6.48. The van der Waals surface area contributed by atoms with Crippen LogP contribution < -0.4 is 5.32 Å². The molecule has 0 radical (unpaired) electrons. The van der Waals surface area contributed by atoms with Gasteiger partial charge in [0, 0.05) is 29.2 Å². The van der Waals surface area contributed by atoms with Gasteiger partial charge in [-0.2, -0.15) is 0 Å². The summed E-state index contributed by atoms with van der Waals surface area (Å²) < 4.78 is 0.746. The first-order valence-corrected chi connectivity index (χ1v) is 7.85. The third-order valence-corrected chi connectivity index (χ3v) is 3.68. The Morgan fingerprint density at radius 3 is 2.55 bits per heavy atom. The predicted octanol–water partition coefficient (Wildman–Crippen LogP) is 4.66. The molecule has 1 unspecified atom stereocenters. The smallest absolute Gasteiger partial charge is 0.270 e. The fourth-order valence-electron chi connectivity index (χ4n) is 2.07. The second-order valence-electron chi connectivity index (χ2n) is 5.68. The molecule has 1 rings (SSSR count). The average molecular weight is 343 g/mol. The van der Waals surface area contributed by atoms with Crippen LogP contribution in [0.4, 0.5) is 5.69 Å². The van der Waals surface area contributed by atoms with Crippen LogP contribution in [0.3, 0.4) is 0 Å². The summed E-state index contributed by atoms with van der Waals surface area (Å²) in [5, 5.41) is 14.2. The molecule has 1 atom stereocenters. The lowest BCUT2D eigenvalue weighted by Gasteiger charge is -2.14. The zero-order chi connectivity index (χ0) is 15.1. The summed E-state index contributed by atoms with van der Waals surface area (Å²) in [5.74, 6) is 0.745. The van der Waals surface area contributed by atoms with Gasteiger partial charge in [0.05, 0.1) is 4.92 Å². The van der Waals surface area contributed by atoms with Crippen molar-refractivity contribution in [1.82, 2.24) is 5.32 Å². The quantitative estimate of drug-likeness (QED) is 0.552. The van der Waals surface area contributed by atoms with Crippen LogP contribution in [0.15, 0.2) is 22.7 Å². The Morgan fingerprint density at radius 2 is 1.95 bits per heavy atom. The molecule has 0 saturated heterocycles. The first-order chi connectivity index (χ1) is 9.38. The van der Waals surface area contributed by atoms with Crippen LogP contribution in [-0.2, 0) is 6.54 Å². The number of non-ortho nitro benzene ring substituents is 1. The fraction of sp³-hybridized carbons (Fsp3) is 0.600. The lowest BCUT2D eigenvalue weighted by Crippen LogP contribution is -2.25. The van der Waals surface area contributed by atoms with E-state index >= 15 is 0 Å². The van der Waals surface area contributed by atoms with Crippen molar-refractivity contribution in [3.05, 3.63) is 38.3 Å². The van der Waals surface area contributed by atoms with Gasteiger partial charge < -0.3 is 5.32 Å². The number of nitrogens with zero attached hydrogens (tertiary/aromatic N) is 1. The highest BCUT2D eigenvalue weighted by atomic mass is 79.9. The molecule has 0 fully saturated rings. The number of nitro groups is 1. The van der Waals surface area contributed by atoms with E-state index in [1.165, 1.54) is 18.9 Å². The summed E-state index contributed by atoms with van der Waals surface area (Å²) in [6.07, 6.45) is 3.59. The number of rotatable bonds is 8. The van der Waals surface area contributed by atoms with E-state index in [-0.39, 0.29) is 10.6 Å². The Hall–Kier alpha value is -0.940. The predicted molar refractivity (Wildman–Crippen MR) is 85.8 cm³/mol. The molecule has 0 spiro atoms. The van der Waals surface area contributed by atoms with Crippen molar-refractivity contribution >= 4 is 21.6 Å². The normalized spacial score (nSPS) is 12.7. The maximum absolute atomic E-state index is 10.8. The molecule has 20 heavy (non-hydrogen) atoms. The molecule has 0 heterocycles.